The molecule has 10 heteroatoms. The summed E-state index contributed by atoms with van der Waals surface area (Å²) < 4.78 is 1.66. The minimum atomic E-state index is -0.829. The zero-order chi connectivity index (χ0) is 24.4. The van der Waals surface area contributed by atoms with E-state index >= 15 is 0 Å². The highest BCUT2D eigenvalue weighted by molar-refractivity contribution is 5.95. The minimum Gasteiger partial charge on any atom is -0.481 e. The number of carbonyl (C=O) groups excluding carboxylic acids is 2. The predicted octanol–water partition coefficient (Wildman–Crippen LogP) is 1.49. The number of rotatable bonds is 6. The number of hydrogen-bond acceptors (Lipinski definition) is 6. The van der Waals surface area contributed by atoms with Gasteiger partial charge in [0.25, 0.3) is 5.91 Å². The lowest BCUT2D eigenvalue weighted by Gasteiger charge is -2.47. The molecule has 1 aromatic heterocycles. The van der Waals surface area contributed by atoms with Gasteiger partial charge in [-0.15, -0.1) is 5.10 Å². The van der Waals surface area contributed by atoms with Gasteiger partial charge in [0.1, 0.15) is 0 Å². The normalized spacial score (nSPS) is 22.3. The maximum Gasteiger partial charge on any atom is 0.308 e. The summed E-state index contributed by atoms with van der Waals surface area (Å²) in [4.78, 5) is 40.9. The fraction of sp³-hybridized carbons (Fsp3) is 0.560. The van der Waals surface area contributed by atoms with Crippen molar-refractivity contribution in [2.75, 3.05) is 32.7 Å². The van der Waals surface area contributed by atoms with E-state index in [2.05, 4.69) is 20.5 Å². The Kier molecular flexibility index (Phi) is 6.55. The Morgan fingerprint density at radius 2 is 2.03 bits per heavy atom. The van der Waals surface area contributed by atoms with Crippen molar-refractivity contribution in [1.29, 1.82) is 0 Å². The Morgan fingerprint density at radius 3 is 2.80 bits per heavy atom. The number of piperazine rings is 1. The number of aliphatic carboxylic acids is 1. The van der Waals surface area contributed by atoms with Crippen molar-refractivity contribution in [3.8, 4) is 5.69 Å². The average Bonchev–Trinajstić information content (AvgIpc) is 3.53. The summed E-state index contributed by atoms with van der Waals surface area (Å²) in [6.07, 6.45) is 7.94. The number of carboxylic acids is 1. The van der Waals surface area contributed by atoms with Crippen molar-refractivity contribution in [2.24, 2.45) is 5.92 Å². The predicted molar refractivity (Wildman–Crippen MR) is 127 cm³/mol. The van der Waals surface area contributed by atoms with Gasteiger partial charge in [-0.2, -0.15) is 0 Å². The van der Waals surface area contributed by atoms with Gasteiger partial charge in [-0.25, -0.2) is 4.68 Å². The molecule has 0 bridgehead atoms. The van der Waals surface area contributed by atoms with Gasteiger partial charge in [0.15, 0.2) is 0 Å². The molecule has 1 unspecified atom stereocenters. The van der Waals surface area contributed by atoms with Crippen LogP contribution in [0, 0.1) is 5.92 Å². The van der Waals surface area contributed by atoms with Crippen LogP contribution < -0.4 is 5.32 Å². The molecule has 0 radical (unpaired) electrons. The molecular weight excluding hydrogens is 448 g/mol. The summed E-state index contributed by atoms with van der Waals surface area (Å²) in [6.45, 7) is 2.88. The number of hydrogen-bond donors (Lipinski definition) is 2. The summed E-state index contributed by atoms with van der Waals surface area (Å²) in [7, 11) is 0. The first kappa shape index (κ1) is 23.5. The molecular formula is C25H32N6O4. The number of carboxylic acid groups (broad SMARTS) is 1. The number of carbonyl (C=O) groups is 3. The van der Waals surface area contributed by atoms with E-state index < -0.39 is 11.9 Å². The van der Waals surface area contributed by atoms with Crippen molar-refractivity contribution < 1.29 is 19.5 Å². The topological polar surface area (TPSA) is 121 Å². The van der Waals surface area contributed by atoms with Crippen molar-refractivity contribution in [1.82, 2.24) is 30.1 Å². The monoisotopic (exact) mass is 480 g/mol. The lowest BCUT2D eigenvalue weighted by atomic mass is 9.80. The fourth-order valence-corrected chi connectivity index (χ4v) is 5.77. The summed E-state index contributed by atoms with van der Waals surface area (Å²) in [5.41, 5.74) is 1.87. The highest BCUT2D eigenvalue weighted by Gasteiger charge is 2.47. The third kappa shape index (κ3) is 4.93. The van der Waals surface area contributed by atoms with Crippen LogP contribution in [-0.4, -0.2) is 85.9 Å². The van der Waals surface area contributed by atoms with Crippen molar-refractivity contribution >= 4 is 17.8 Å². The molecule has 1 aliphatic carbocycles. The van der Waals surface area contributed by atoms with Crippen LogP contribution >= 0.6 is 0 Å². The number of benzene rings is 1. The number of amides is 2. The van der Waals surface area contributed by atoms with E-state index in [4.69, 9.17) is 0 Å². The van der Waals surface area contributed by atoms with Gasteiger partial charge in [-0.3, -0.25) is 19.3 Å². The third-order valence-corrected chi connectivity index (χ3v) is 7.76. The molecule has 10 nitrogen and oxygen atoms in total. The van der Waals surface area contributed by atoms with Crippen LogP contribution in [0.3, 0.4) is 0 Å². The molecule has 186 valence electrons. The fourth-order valence-electron chi connectivity index (χ4n) is 5.77. The largest absolute Gasteiger partial charge is 0.481 e. The molecule has 1 atom stereocenters. The standard InChI is InChI=1S/C25H32N6O4/c32-22-17-29(13-11-26-22)12-7-20-16-31(28-27-20)21-5-3-4-18(14-21)23(33)30-15-19(24(34)35)6-10-25(30)8-1-2-9-25/h3-5,14,16,19H,1-2,6-13,15,17H2,(H,26,32)(H,34,35). The number of likely N-dealkylation sites (tertiary alicyclic amines) is 1. The molecule has 3 aliphatic rings. The van der Waals surface area contributed by atoms with E-state index in [-0.39, 0.29) is 23.9 Å². The average molecular weight is 481 g/mol. The highest BCUT2D eigenvalue weighted by Crippen LogP contribution is 2.44. The van der Waals surface area contributed by atoms with Crippen LogP contribution in [-0.2, 0) is 16.0 Å². The van der Waals surface area contributed by atoms with Crippen LogP contribution in [0.1, 0.15) is 54.6 Å². The van der Waals surface area contributed by atoms with E-state index in [1.807, 2.05) is 29.3 Å². The summed E-state index contributed by atoms with van der Waals surface area (Å²) in [6, 6.07) is 7.31. The summed E-state index contributed by atoms with van der Waals surface area (Å²) in [5, 5.41) is 20.9. The number of aromatic nitrogens is 3. The molecule has 2 N–H and O–H groups in total. The molecule has 3 heterocycles. The highest BCUT2D eigenvalue weighted by atomic mass is 16.4. The van der Waals surface area contributed by atoms with Crippen molar-refractivity contribution in [3.63, 3.8) is 0 Å². The first-order chi connectivity index (χ1) is 16.9. The van der Waals surface area contributed by atoms with Crippen LogP contribution in [0.2, 0.25) is 0 Å². The SMILES string of the molecule is O=C1CN(CCc2cn(-c3cccc(C(=O)N4CC(C(=O)O)CCC45CCCC5)c3)nn2)CCN1. The maximum atomic E-state index is 13.7. The number of nitrogens with one attached hydrogen (secondary N) is 1. The van der Waals surface area contributed by atoms with Crippen LogP contribution in [0.25, 0.3) is 5.69 Å². The lowest BCUT2D eigenvalue weighted by molar-refractivity contribution is -0.144. The second-order valence-corrected chi connectivity index (χ2v) is 10.0. The Morgan fingerprint density at radius 1 is 1.20 bits per heavy atom. The summed E-state index contributed by atoms with van der Waals surface area (Å²) >= 11 is 0. The van der Waals surface area contributed by atoms with Gasteiger partial charge >= 0.3 is 5.97 Å². The molecule has 1 spiro atoms. The van der Waals surface area contributed by atoms with E-state index in [0.29, 0.717) is 31.5 Å². The second-order valence-electron chi connectivity index (χ2n) is 10.0. The minimum absolute atomic E-state index is 0.0455. The first-order valence-corrected chi connectivity index (χ1v) is 12.5. The maximum absolute atomic E-state index is 13.7. The Balaban J connectivity index is 1.31. The zero-order valence-electron chi connectivity index (χ0n) is 19.9. The molecule has 2 saturated heterocycles. The van der Waals surface area contributed by atoms with Gasteiger partial charge < -0.3 is 15.3 Å². The molecule has 5 rings (SSSR count). The molecule has 1 aromatic carbocycles. The Labute approximate surface area is 204 Å². The number of piperidine rings is 1. The molecule has 2 aromatic rings. The Hall–Kier alpha value is -3.27. The van der Waals surface area contributed by atoms with E-state index in [0.717, 1.165) is 56.6 Å². The van der Waals surface area contributed by atoms with Gasteiger partial charge in [0.05, 0.1) is 30.0 Å². The smallest absolute Gasteiger partial charge is 0.308 e. The van der Waals surface area contributed by atoms with Gasteiger partial charge in [-0.1, -0.05) is 24.1 Å². The Bertz CT molecular complexity index is 1110. The third-order valence-electron chi connectivity index (χ3n) is 7.76. The van der Waals surface area contributed by atoms with Crippen LogP contribution in [0.15, 0.2) is 30.5 Å². The molecule has 2 aliphatic heterocycles. The molecule has 3 fully saturated rings. The lowest BCUT2D eigenvalue weighted by Crippen LogP contribution is -2.56. The first-order valence-electron chi connectivity index (χ1n) is 12.5. The molecule has 35 heavy (non-hydrogen) atoms. The van der Waals surface area contributed by atoms with E-state index in [9.17, 15) is 19.5 Å². The van der Waals surface area contributed by atoms with Gasteiger partial charge in [-0.05, 0) is 43.9 Å². The van der Waals surface area contributed by atoms with Crippen LogP contribution in [0.5, 0.6) is 0 Å². The number of nitrogens with zero attached hydrogens (tertiary/aromatic N) is 5. The van der Waals surface area contributed by atoms with E-state index in [1.54, 1.807) is 10.7 Å². The quantitative estimate of drug-likeness (QED) is 0.643. The van der Waals surface area contributed by atoms with Crippen LogP contribution in [0.4, 0.5) is 0 Å². The summed E-state index contributed by atoms with van der Waals surface area (Å²) in [5.74, 6) is -1.41. The molecule has 1 saturated carbocycles. The second kappa shape index (κ2) is 9.77. The van der Waals surface area contributed by atoms with E-state index in [1.165, 1.54) is 0 Å². The van der Waals surface area contributed by atoms with Crippen molar-refractivity contribution in [2.45, 2.75) is 50.5 Å². The van der Waals surface area contributed by atoms with Gasteiger partial charge in [0.2, 0.25) is 5.91 Å². The molecule has 2 amide bonds. The zero-order valence-corrected chi connectivity index (χ0v) is 19.9. The van der Waals surface area contributed by atoms with Crippen molar-refractivity contribution in [3.05, 3.63) is 41.7 Å². The van der Waals surface area contributed by atoms with Gasteiger partial charge in [0, 0.05) is 43.7 Å².